The second-order valence-corrected chi connectivity index (χ2v) is 5.20. The average Bonchev–Trinajstić information content (AvgIpc) is 2.84. The van der Waals surface area contributed by atoms with Gasteiger partial charge in [0.25, 0.3) is 0 Å². The summed E-state index contributed by atoms with van der Waals surface area (Å²) in [5.74, 6) is 0. The normalized spacial score (nSPS) is 35.0. The minimum Gasteiger partial charge on any atom is -0.299 e. The Morgan fingerprint density at radius 3 is 2.17 bits per heavy atom. The molecule has 0 aromatic heterocycles. The summed E-state index contributed by atoms with van der Waals surface area (Å²) in [7, 11) is 0. The lowest BCUT2D eigenvalue weighted by Gasteiger charge is -2.53. The van der Waals surface area contributed by atoms with E-state index in [1.165, 1.54) is 58.0 Å². The minimum atomic E-state index is 0.820. The molecule has 3 aliphatic rings. The summed E-state index contributed by atoms with van der Waals surface area (Å²) >= 11 is 0. The number of hydrogen-bond donors (Lipinski definition) is 0. The molecule has 12 heavy (non-hydrogen) atoms. The van der Waals surface area contributed by atoms with Crippen LogP contribution in [0.5, 0.6) is 0 Å². The highest BCUT2D eigenvalue weighted by Crippen LogP contribution is 2.47. The standard InChI is InChI=1S/C11H19N/c1-2-6-11(7-3-1)8-12(9-11)10-4-5-10/h10H,1-9H2. The molecule has 0 atom stereocenters. The van der Waals surface area contributed by atoms with Gasteiger partial charge in [-0.25, -0.2) is 0 Å². The second kappa shape index (κ2) is 2.47. The third-order valence-electron chi connectivity index (χ3n) is 4.05. The van der Waals surface area contributed by atoms with Crippen molar-refractivity contribution in [2.75, 3.05) is 13.1 Å². The van der Waals surface area contributed by atoms with Gasteiger partial charge in [-0.2, -0.15) is 0 Å². The van der Waals surface area contributed by atoms with Crippen LogP contribution in [0.25, 0.3) is 0 Å². The molecule has 1 heterocycles. The third-order valence-corrected chi connectivity index (χ3v) is 4.05. The predicted molar refractivity (Wildman–Crippen MR) is 50.1 cm³/mol. The monoisotopic (exact) mass is 165 g/mol. The van der Waals surface area contributed by atoms with E-state index in [0.29, 0.717) is 0 Å². The highest BCUT2D eigenvalue weighted by atomic mass is 15.3. The molecule has 0 bridgehead atoms. The van der Waals surface area contributed by atoms with Crippen LogP contribution in [-0.4, -0.2) is 24.0 Å². The fraction of sp³-hybridized carbons (Fsp3) is 1.00. The fourth-order valence-electron chi connectivity index (χ4n) is 3.13. The average molecular weight is 165 g/mol. The van der Waals surface area contributed by atoms with Crippen LogP contribution in [0.15, 0.2) is 0 Å². The van der Waals surface area contributed by atoms with Gasteiger partial charge in [-0.3, -0.25) is 4.90 Å². The lowest BCUT2D eigenvalue weighted by molar-refractivity contribution is -0.0333. The van der Waals surface area contributed by atoms with Crippen molar-refractivity contribution in [3.63, 3.8) is 0 Å². The molecular formula is C11H19N. The zero-order valence-electron chi connectivity index (χ0n) is 7.89. The van der Waals surface area contributed by atoms with Crippen molar-refractivity contribution >= 4 is 0 Å². The predicted octanol–water partition coefficient (Wildman–Crippen LogP) is 2.41. The van der Waals surface area contributed by atoms with E-state index in [2.05, 4.69) is 4.90 Å². The Morgan fingerprint density at radius 1 is 0.917 bits per heavy atom. The molecule has 0 amide bonds. The van der Waals surface area contributed by atoms with Gasteiger partial charge >= 0.3 is 0 Å². The van der Waals surface area contributed by atoms with Crippen LogP contribution < -0.4 is 0 Å². The summed E-state index contributed by atoms with van der Waals surface area (Å²) < 4.78 is 0. The van der Waals surface area contributed by atoms with Crippen LogP contribution in [0.2, 0.25) is 0 Å². The van der Waals surface area contributed by atoms with Crippen molar-refractivity contribution in [1.29, 1.82) is 0 Å². The Kier molecular flexibility index (Phi) is 1.52. The lowest BCUT2D eigenvalue weighted by atomic mass is 9.68. The van der Waals surface area contributed by atoms with Crippen LogP contribution in [0.3, 0.4) is 0 Å². The SMILES string of the molecule is C1CCC2(CC1)CN(C1CC1)C2. The van der Waals surface area contributed by atoms with E-state index in [9.17, 15) is 0 Å². The molecule has 68 valence electrons. The molecule has 1 heteroatoms. The van der Waals surface area contributed by atoms with Gasteiger partial charge in [0, 0.05) is 19.1 Å². The van der Waals surface area contributed by atoms with Crippen molar-refractivity contribution in [3.05, 3.63) is 0 Å². The molecule has 0 radical (unpaired) electrons. The van der Waals surface area contributed by atoms with Crippen LogP contribution >= 0.6 is 0 Å². The quantitative estimate of drug-likeness (QED) is 0.577. The number of hydrogen-bond acceptors (Lipinski definition) is 1. The Bertz CT molecular complexity index is 169. The summed E-state index contributed by atoms with van der Waals surface area (Å²) in [6.45, 7) is 2.91. The Hall–Kier alpha value is -0.0400. The molecule has 1 aliphatic heterocycles. The summed E-state index contributed by atoms with van der Waals surface area (Å²) in [5, 5.41) is 0. The topological polar surface area (TPSA) is 3.24 Å². The molecule has 3 rings (SSSR count). The number of likely N-dealkylation sites (tertiary alicyclic amines) is 1. The van der Waals surface area contributed by atoms with Gasteiger partial charge in [0.1, 0.15) is 0 Å². The van der Waals surface area contributed by atoms with Crippen LogP contribution in [-0.2, 0) is 0 Å². The molecule has 0 aromatic rings. The maximum atomic E-state index is 2.73. The summed E-state index contributed by atoms with van der Waals surface area (Å²) in [6, 6.07) is 1.03. The van der Waals surface area contributed by atoms with Crippen molar-refractivity contribution in [2.45, 2.75) is 51.0 Å². The van der Waals surface area contributed by atoms with Gasteiger partial charge in [0.2, 0.25) is 0 Å². The Balaban J connectivity index is 1.57. The Morgan fingerprint density at radius 2 is 1.58 bits per heavy atom. The summed E-state index contributed by atoms with van der Waals surface area (Å²) in [5.41, 5.74) is 0.820. The smallest absolute Gasteiger partial charge is 0.00969 e. The molecule has 1 nitrogen and oxygen atoms in total. The number of nitrogens with zero attached hydrogens (tertiary/aromatic N) is 1. The van der Waals surface area contributed by atoms with Gasteiger partial charge in [0.15, 0.2) is 0 Å². The molecule has 0 N–H and O–H groups in total. The molecule has 0 aromatic carbocycles. The zero-order valence-corrected chi connectivity index (χ0v) is 7.89. The van der Waals surface area contributed by atoms with Gasteiger partial charge in [-0.1, -0.05) is 19.3 Å². The molecule has 1 saturated heterocycles. The second-order valence-electron chi connectivity index (χ2n) is 5.20. The van der Waals surface area contributed by atoms with E-state index in [1.54, 1.807) is 0 Å². The molecular weight excluding hydrogens is 146 g/mol. The van der Waals surface area contributed by atoms with E-state index in [1.807, 2.05) is 0 Å². The third kappa shape index (κ3) is 1.10. The molecule has 2 saturated carbocycles. The van der Waals surface area contributed by atoms with Crippen molar-refractivity contribution in [2.24, 2.45) is 5.41 Å². The van der Waals surface area contributed by atoms with Crippen molar-refractivity contribution in [1.82, 2.24) is 4.90 Å². The molecule has 3 fully saturated rings. The molecule has 0 unspecified atom stereocenters. The Labute approximate surface area is 75.1 Å². The van der Waals surface area contributed by atoms with Gasteiger partial charge in [0.05, 0.1) is 0 Å². The van der Waals surface area contributed by atoms with E-state index < -0.39 is 0 Å². The minimum absolute atomic E-state index is 0.820. The highest BCUT2D eigenvalue weighted by molar-refractivity contribution is 5.01. The van der Waals surface area contributed by atoms with E-state index in [4.69, 9.17) is 0 Å². The largest absolute Gasteiger partial charge is 0.299 e. The first-order valence-electron chi connectivity index (χ1n) is 5.62. The molecule has 1 spiro atoms. The maximum absolute atomic E-state index is 2.73. The van der Waals surface area contributed by atoms with Gasteiger partial charge in [-0.05, 0) is 31.1 Å². The van der Waals surface area contributed by atoms with Gasteiger partial charge in [-0.15, -0.1) is 0 Å². The first-order chi connectivity index (χ1) is 5.88. The lowest BCUT2D eigenvalue weighted by Crippen LogP contribution is -2.57. The van der Waals surface area contributed by atoms with Gasteiger partial charge < -0.3 is 0 Å². The summed E-state index contributed by atoms with van der Waals surface area (Å²) in [6.07, 6.45) is 10.6. The molecule has 2 aliphatic carbocycles. The van der Waals surface area contributed by atoms with Crippen LogP contribution in [0.4, 0.5) is 0 Å². The van der Waals surface area contributed by atoms with E-state index in [-0.39, 0.29) is 0 Å². The van der Waals surface area contributed by atoms with Crippen LogP contribution in [0, 0.1) is 5.41 Å². The number of rotatable bonds is 1. The fourth-order valence-corrected chi connectivity index (χ4v) is 3.13. The van der Waals surface area contributed by atoms with Crippen molar-refractivity contribution in [3.8, 4) is 0 Å². The van der Waals surface area contributed by atoms with E-state index in [0.717, 1.165) is 11.5 Å². The highest BCUT2D eigenvalue weighted by Gasteiger charge is 2.47. The van der Waals surface area contributed by atoms with Crippen LogP contribution in [0.1, 0.15) is 44.9 Å². The zero-order chi connectivity index (χ0) is 8.02. The van der Waals surface area contributed by atoms with Crippen molar-refractivity contribution < 1.29 is 0 Å². The summed E-state index contributed by atoms with van der Waals surface area (Å²) in [4.78, 5) is 2.73. The maximum Gasteiger partial charge on any atom is 0.00969 e. The first-order valence-corrected chi connectivity index (χ1v) is 5.62. The van der Waals surface area contributed by atoms with E-state index >= 15 is 0 Å². The first kappa shape index (κ1) is 7.37.